The van der Waals surface area contributed by atoms with Gasteiger partial charge in [-0.3, -0.25) is 19.4 Å². The van der Waals surface area contributed by atoms with Crippen molar-refractivity contribution < 1.29 is 9.59 Å². The summed E-state index contributed by atoms with van der Waals surface area (Å²) in [5, 5.41) is 0.732. The Morgan fingerprint density at radius 3 is 2.46 bits per heavy atom. The maximum atomic E-state index is 12.9. The SMILES string of the molecule is Cc1ccccc1C1CC(=O)N(CN2CCN(c3cccc(Cl)c3)CC2)C1=O. The first-order valence-corrected chi connectivity index (χ1v) is 10.0. The number of piperazine rings is 1. The fraction of sp³-hybridized carbons (Fsp3) is 0.364. The molecule has 1 unspecified atom stereocenters. The molecule has 146 valence electrons. The van der Waals surface area contributed by atoms with Crippen molar-refractivity contribution in [3.8, 4) is 0 Å². The van der Waals surface area contributed by atoms with Crippen LogP contribution in [-0.2, 0) is 9.59 Å². The second-order valence-corrected chi connectivity index (χ2v) is 7.94. The van der Waals surface area contributed by atoms with Gasteiger partial charge in [0.15, 0.2) is 0 Å². The van der Waals surface area contributed by atoms with Gasteiger partial charge in [0, 0.05) is 43.3 Å². The minimum atomic E-state index is -0.346. The van der Waals surface area contributed by atoms with Crippen molar-refractivity contribution in [2.24, 2.45) is 0 Å². The molecular weight excluding hydrogens is 374 g/mol. The third-order valence-corrected chi connectivity index (χ3v) is 5.93. The number of carbonyl (C=O) groups excluding carboxylic acids is 2. The molecule has 0 saturated carbocycles. The smallest absolute Gasteiger partial charge is 0.238 e. The number of amides is 2. The standard InChI is InChI=1S/C22H24ClN3O2/c1-16-5-2-3-8-19(16)20-14-21(27)26(22(20)28)15-24-9-11-25(12-10-24)18-7-4-6-17(23)13-18/h2-8,13,20H,9-12,14-15H2,1H3. The van der Waals surface area contributed by atoms with E-state index in [4.69, 9.17) is 11.6 Å². The molecule has 2 aliphatic heterocycles. The highest BCUT2D eigenvalue weighted by atomic mass is 35.5. The van der Waals surface area contributed by atoms with Gasteiger partial charge in [0.25, 0.3) is 0 Å². The molecule has 0 aliphatic carbocycles. The van der Waals surface area contributed by atoms with Crippen molar-refractivity contribution in [1.29, 1.82) is 0 Å². The first-order chi connectivity index (χ1) is 13.5. The normalized spacial score (nSPS) is 20.9. The van der Waals surface area contributed by atoms with Crippen molar-refractivity contribution in [2.75, 3.05) is 37.7 Å². The fourth-order valence-corrected chi connectivity index (χ4v) is 4.26. The molecule has 0 radical (unpaired) electrons. The molecule has 28 heavy (non-hydrogen) atoms. The third-order valence-electron chi connectivity index (χ3n) is 5.69. The highest BCUT2D eigenvalue weighted by molar-refractivity contribution is 6.30. The van der Waals surface area contributed by atoms with Gasteiger partial charge in [0.1, 0.15) is 0 Å². The van der Waals surface area contributed by atoms with Crippen LogP contribution in [0.2, 0.25) is 5.02 Å². The zero-order valence-corrected chi connectivity index (χ0v) is 16.7. The summed E-state index contributed by atoms with van der Waals surface area (Å²) >= 11 is 6.09. The highest BCUT2D eigenvalue weighted by Crippen LogP contribution is 2.31. The number of anilines is 1. The van der Waals surface area contributed by atoms with Gasteiger partial charge >= 0.3 is 0 Å². The summed E-state index contributed by atoms with van der Waals surface area (Å²) in [6, 6.07) is 15.7. The predicted octanol–water partition coefficient (Wildman–Crippen LogP) is 3.27. The predicted molar refractivity (Wildman–Crippen MR) is 110 cm³/mol. The van der Waals surface area contributed by atoms with Gasteiger partial charge in [-0.1, -0.05) is 41.9 Å². The summed E-state index contributed by atoms with van der Waals surface area (Å²) in [6.07, 6.45) is 0.270. The van der Waals surface area contributed by atoms with Crippen LogP contribution in [-0.4, -0.2) is 54.5 Å². The number of aryl methyl sites for hydroxylation is 1. The minimum absolute atomic E-state index is 0.0726. The zero-order chi connectivity index (χ0) is 19.7. The Morgan fingerprint density at radius 2 is 1.75 bits per heavy atom. The molecule has 1 atom stereocenters. The van der Waals surface area contributed by atoms with Crippen LogP contribution < -0.4 is 4.90 Å². The summed E-state index contributed by atoms with van der Waals surface area (Å²) in [7, 11) is 0. The van der Waals surface area contributed by atoms with E-state index in [9.17, 15) is 9.59 Å². The van der Waals surface area contributed by atoms with E-state index in [0.29, 0.717) is 6.67 Å². The number of halogens is 1. The van der Waals surface area contributed by atoms with Crippen LogP contribution in [0.5, 0.6) is 0 Å². The lowest BCUT2D eigenvalue weighted by molar-refractivity contribution is -0.141. The first kappa shape index (κ1) is 19.0. The zero-order valence-electron chi connectivity index (χ0n) is 16.0. The maximum absolute atomic E-state index is 12.9. The van der Waals surface area contributed by atoms with Crippen molar-refractivity contribution >= 4 is 29.1 Å². The fourth-order valence-electron chi connectivity index (χ4n) is 4.07. The lowest BCUT2D eigenvalue weighted by atomic mass is 9.93. The van der Waals surface area contributed by atoms with E-state index in [1.54, 1.807) is 0 Å². The monoisotopic (exact) mass is 397 g/mol. The molecule has 0 N–H and O–H groups in total. The molecule has 2 aromatic rings. The molecule has 2 fully saturated rings. The molecule has 0 aromatic heterocycles. The number of rotatable bonds is 4. The van der Waals surface area contributed by atoms with E-state index in [1.165, 1.54) is 4.90 Å². The Labute approximate surface area is 170 Å². The number of imide groups is 1. The van der Waals surface area contributed by atoms with Crippen LogP contribution in [0.3, 0.4) is 0 Å². The lowest BCUT2D eigenvalue weighted by Gasteiger charge is -2.37. The van der Waals surface area contributed by atoms with E-state index in [-0.39, 0.29) is 24.2 Å². The van der Waals surface area contributed by atoms with Gasteiger partial charge < -0.3 is 4.90 Å². The molecule has 2 aromatic carbocycles. The summed E-state index contributed by atoms with van der Waals surface area (Å²) in [5.74, 6) is -0.492. The van der Waals surface area contributed by atoms with Crippen molar-refractivity contribution in [2.45, 2.75) is 19.3 Å². The van der Waals surface area contributed by atoms with Gasteiger partial charge in [-0.15, -0.1) is 0 Å². The molecule has 2 aliphatic rings. The van der Waals surface area contributed by atoms with Gasteiger partial charge in [-0.25, -0.2) is 0 Å². The summed E-state index contributed by atoms with van der Waals surface area (Å²) in [5.41, 5.74) is 3.14. The van der Waals surface area contributed by atoms with Crippen LogP contribution >= 0.6 is 11.6 Å². The summed E-state index contributed by atoms with van der Waals surface area (Å²) in [4.78, 5) is 31.3. The van der Waals surface area contributed by atoms with Crippen LogP contribution in [0.15, 0.2) is 48.5 Å². The molecular formula is C22H24ClN3O2. The van der Waals surface area contributed by atoms with Gasteiger partial charge in [-0.2, -0.15) is 0 Å². The van der Waals surface area contributed by atoms with E-state index < -0.39 is 0 Å². The number of carbonyl (C=O) groups is 2. The molecule has 4 rings (SSSR count). The maximum Gasteiger partial charge on any atom is 0.238 e. The number of hydrogen-bond acceptors (Lipinski definition) is 4. The van der Waals surface area contributed by atoms with Crippen LogP contribution in [0.25, 0.3) is 0 Å². The Kier molecular flexibility index (Phi) is 5.38. The largest absolute Gasteiger partial charge is 0.369 e. The molecule has 0 bridgehead atoms. The second-order valence-electron chi connectivity index (χ2n) is 7.50. The van der Waals surface area contributed by atoms with E-state index >= 15 is 0 Å². The molecule has 2 saturated heterocycles. The highest BCUT2D eigenvalue weighted by Gasteiger charge is 2.40. The minimum Gasteiger partial charge on any atom is -0.369 e. The summed E-state index contributed by atoms with van der Waals surface area (Å²) < 4.78 is 0. The number of hydrogen-bond donors (Lipinski definition) is 0. The third kappa shape index (κ3) is 3.77. The molecule has 0 spiro atoms. The molecule has 5 nitrogen and oxygen atoms in total. The Morgan fingerprint density at radius 1 is 1.00 bits per heavy atom. The van der Waals surface area contributed by atoms with Crippen molar-refractivity contribution in [3.63, 3.8) is 0 Å². The number of likely N-dealkylation sites (tertiary alicyclic amines) is 1. The van der Waals surface area contributed by atoms with E-state index in [0.717, 1.165) is 48.0 Å². The van der Waals surface area contributed by atoms with Crippen molar-refractivity contribution in [1.82, 2.24) is 9.80 Å². The van der Waals surface area contributed by atoms with E-state index in [2.05, 4.69) is 15.9 Å². The second kappa shape index (κ2) is 7.94. The van der Waals surface area contributed by atoms with Gasteiger partial charge in [-0.05, 0) is 36.2 Å². The van der Waals surface area contributed by atoms with Crippen molar-refractivity contribution in [3.05, 3.63) is 64.7 Å². The first-order valence-electron chi connectivity index (χ1n) is 9.65. The van der Waals surface area contributed by atoms with E-state index in [1.807, 2.05) is 49.4 Å². The Bertz CT molecular complexity index is 893. The molecule has 2 amide bonds. The van der Waals surface area contributed by atoms with Gasteiger partial charge in [0.05, 0.1) is 12.6 Å². The Balaban J connectivity index is 1.38. The number of nitrogens with zero attached hydrogens (tertiary/aromatic N) is 3. The average Bonchev–Trinajstić information content (AvgIpc) is 2.97. The quantitative estimate of drug-likeness (QED) is 0.743. The lowest BCUT2D eigenvalue weighted by Crippen LogP contribution is -2.51. The van der Waals surface area contributed by atoms with Gasteiger partial charge in [0.2, 0.25) is 11.8 Å². The van der Waals surface area contributed by atoms with Crippen LogP contribution in [0.1, 0.15) is 23.5 Å². The van der Waals surface area contributed by atoms with Crippen LogP contribution in [0.4, 0.5) is 5.69 Å². The topological polar surface area (TPSA) is 43.9 Å². The molecule has 2 heterocycles. The Hall–Kier alpha value is -2.37. The molecule has 6 heteroatoms. The van der Waals surface area contributed by atoms with Crippen LogP contribution in [0, 0.1) is 6.92 Å². The number of benzene rings is 2. The average molecular weight is 398 g/mol. The summed E-state index contributed by atoms with van der Waals surface area (Å²) in [6.45, 7) is 5.67.